The van der Waals surface area contributed by atoms with E-state index in [0.29, 0.717) is 12.5 Å². The minimum absolute atomic E-state index is 0.398. The number of aryl methyl sites for hydroxylation is 1. The topological polar surface area (TPSA) is 55.0 Å². The van der Waals surface area contributed by atoms with E-state index < -0.39 is 0 Å². The van der Waals surface area contributed by atoms with E-state index in [9.17, 15) is 0 Å². The molecule has 0 fully saturated rings. The molecule has 0 radical (unpaired) electrons. The monoisotopic (exact) mass is 290 g/mol. The summed E-state index contributed by atoms with van der Waals surface area (Å²) in [6.45, 7) is 7.63. The van der Waals surface area contributed by atoms with Crippen molar-refractivity contribution >= 4 is 17.2 Å². The van der Waals surface area contributed by atoms with E-state index in [1.54, 1.807) is 11.3 Å². The molecule has 5 heteroatoms. The standard InChI is InChI=1S/C15H22N4S/c1-10(2)14-5-12(7-16)6-15(18-14)19(4)8-13-9-20-11(3)17-13/h5-6,9-10H,7-8,16H2,1-4H3. The number of thiazole rings is 1. The average molecular weight is 290 g/mol. The van der Waals surface area contributed by atoms with Gasteiger partial charge in [0.1, 0.15) is 5.82 Å². The summed E-state index contributed by atoms with van der Waals surface area (Å²) in [5.74, 6) is 1.36. The molecule has 0 bridgehead atoms. The Hall–Kier alpha value is -1.46. The number of nitrogens with zero attached hydrogens (tertiary/aromatic N) is 3. The molecule has 0 saturated heterocycles. The molecule has 2 rings (SSSR count). The summed E-state index contributed by atoms with van der Waals surface area (Å²) in [6.07, 6.45) is 0. The van der Waals surface area contributed by atoms with Crippen LogP contribution in [0.15, 0.2) is 17.5 Å². The highest BCUT2D eigenvalue weighted by Crippen LogP contribution is 2.21. The summed E-state index contributed by atoms with van der Waals surface area (Å²) in [6, 6.07) is 4.15. The van der Waals surface area contributed by atoms with Gasteiger partial charge in [0.05, 0.1) is 17.2 Å². The molecule has 0 atom stereocenters. The van der Waals surface area contributed by atoms with Crippen molar-refractivity contribution < 1.29 is 0 Å². The van der Waals surface area contributed by atoms with Gasteiger partial charge in [0, 0.05) is 24.7 Å². The number of anilines is 1. The fourth-order valence-corrected chi connectivity index (χ4v) is 2.61. The maximum absolute atomic E-state index is 5.79. The molecule has 108 valence electrons. The predicted octanol–water partition coefficient (Wildman–Crippen LogP) is 3.07. The third-order valence-corrected chi connectivity index (χ3v) is 4.00. The van der Waals surface area contributed by atoms with Crippen molar-refractivity contribution in [1.29, 1.82) is 0 Å². The van der Waals surface area contributed by atoms with Crippen molar-refractivity contribution in [1.82, 2.24) is 9.97 Å². The second-order valence-corrected chi connectivity index (χ2v) is 6.39. The van der Waals surface area contributed by atoms with E-state index >= 15 is 0 Å². The SMILES string of the molecule is Cc1nc(CN(C)c2cc(CN)cc(C(C)C)n2)cs1. The van der Waals surface area contributed by atoms with Crippen molar-refractivity contribution in [3.05, 3.63) is 39.5 Å². The van der Waals surface area contributed by atoms with Gasteiger partial charge in [0.25, 0.3) is 0 Å². The first-order chi connectivity index (χ1) is 9.49. The van der Waals surface area contributed by atoms with Crippen LogP contribution in [0.5, 0.6) is 0 Å². The van der Waals surface area contributed by atoms with Gasteiger partial charge < -0.3 is 10.6 Å². The highest BCUT2D eigenvalue weighted by Gasteiger charge is 2.10. The van der Waals surface area contributed by atoms with E-state index in [1.165, 1.54) is 0 Å². The lowest BCUT2D eigenvalue weighted by molar-refractivity contribution is 0.796. The molecule has 4 nitrogen and oxygen atoms in total. The van der Waals surface area contributed by atoms with Crippen LogP contribution >= 0.6 is 11.3 Å². The van der Waals surface area contributed by atoms with Crippen LogP contribution in [-0.2, 0) is 13.1 Å². The van der Waals surface area contributed by atoms with Gasteiger partial charge in [0.2, 0.25) is 0 Å². The van der Waals surface area contributed by atoms with Crippen molar-refractivity contribution in [3.63, 3.8) is 0 Å². The molecule has 0 aliphatic heterocycles. The maximum Gasteiger partial charge on any atom is 0.129 e. The molecule has 0 saturated carbocycles. The normalized spacial score (nSPS) is 11.1. The average Bonchev–Trinajstić information content (AvgIpc) is 2.83. The molecule has 20 heavy (non-hydrogen) atoms. The van der Waals surface area contributed by atoms with Gasteiger partial charge in [-0.05, 0) is 30.5 Å². The molecule has 0 unspecified atom stereocenters. The summed E-state index contributed by atoms with van der Waals surface area (Å²) in [7, 11) is 2.04. The Kier molecular flexibility index (Phi) is 4.73. The lowest BCUT2D eigenvalue weighted by Crippen LogP contribution is -2.19. The Bertz CT molecular complexity index is 577. The van der Waals surface area contributed by atoms with Crippen LogP contribution < -0.4 is 10.6 Å². The largest absolute Gasteiger partial charge is 0.354 e. The van der Waals surface area contributed by atoms with E-state index in [0.717, 1.165) is 34.3 Å². The highest BCUT2D eigenvalue weighted by molar-refractivity contribution is 7.09. The zero-order valence-electron chi connectivity index (χ0n) is 12.6. The van der Waals surface area contributed by atoms with Crippen LogP contribution in [0.2, 0.25) is 0 Å². The van der Waals surface area contributed by atoms with Crippen LogP contribution in [0, 0.1) is 6.92 Å². The Labute approximate surface area is 124 Å². The quantitative estimate of drug-likeness (QED) is 0.919. The molecule has 2 aromatic heterocycles. The first-order valence-electron chi connectivity index (χ1n) is 6.82. The highest BCUT2D eigenvalue weighted by atomic mass is 32.1. The fourth-order valence-electron chi connectivity index (χ4n) is 2.01. The number of nitrogens with two attached hydrogens (primary N) is 1. The van der Waals surface area contributed by atoms with Gasteiger partial charge in [-0.2, -0.15) is 0 Å². The smallest absolute Gasteiger partial charge is 0.129 e. The predicted molar refractivity (Wildman–Crippen MR) is 85.2 cm³/mol. The lowest BCUT2D eigenvalue weighted by atomic mass is 10.1. The Morgan fingerprint density at radius 1 is 1.30 bits per heavy atom. The minimum Gasteiger partial charge on any atom is -0.354 e. The van der Waals surface area contributed by atoms with Gasteiger partial charge in [0.15, 0.2) is 0 Å². The van der Waals surface area contributed by atoms with E-state index in [2.05, 4.69) is 41.2 Å². The van der Waals surface area contributed by atoms with Crippen LogP contribution in [-0.4, -0.2) is 17.0 Å². The minimum atomic E-state index is 0.398. The van der Waals surface area contributed by atoms with E-state index in [4.69, 9.17) is 10.7 Å². The van der Waals surface area contributed by atoms with Gasteiger partial charge in [-0.1, -0.05) is 13.8 Å². The van der Waals surface area contributed by atoms with Crippen LogP contribution in [0.25, 0.3) is 0 Å². The molecular weight excluding hydrogens is 268 g/mol. The summed E-state index contributed by atoms with van der Waals surface area (Å²) in [5, 5.41) is 3.20. The Morgan fingerprint density at radius 2 is 2.05 bits per heavy atom. The lowest BCUT2D eigenvalue weighted by Gasteiger charge is -2.19. The number of hydrogen-bond donors (Lipinski definition) is 1. The van der Waals surface area contributed by atoms with Gasteiger partial charge in [-0.3, -0.25) is 0 Å². The van der Waals surface area contributed by atoms with Gasteiger partial charge in [-0.25, -0.2) is 9.97 Å². The zero-order valence-corrected chi connectivity index (χ0v) is 13.4. The van der Waals surface area contributed by atoms with Crippen molar-refractivity contribution in [2.75, 3.05) is 11.9 Å². The van der Waals surface area contributed by atoms with Crippen LogP contribution in [0.4, 0.5) is 5.82 Å². The van der Waals surface area contributed by atoms with Crippen molar-refractivity contribution in [2.45, 2.75) is 39.8 Å². The number of hydrogen-bond acceptors (Lipinski definition) is 5. The molecule has 0 spiro atoms. The summed E-state index contributed by atoms with van der Waals surface area (Å²) in [5.41, 5.74) is 9.08. The summed E-state index contributed by atoms with van der Waals surface area (Å²) in [4.78, 5) is 11.4. The first-order valence-corrected chi connectivity index (χ1v) is 7.70. The molecule has 2 N–H and O–H groups in total. The van der Waals surface area contributed by atoms with Crippen molar-refractivity contribution in [2.24, 2.45) is 5.73 Å². The molecule has 0 aromatic carbocycles. The molecule has 2 heterocycles. The molecule has 2 aromatic rings. The third kappa shape index (κ3) is 3.55. The third-order valence-electron chi connectivity index (χ3n) is 3.18. The molecular formula is C15H22N4S. The molecule has 0 aliphatic rings. The van der Waals surface area contributed by atoms with Crippen LogP contribution in [0.1, 0.15) is 41.7 Å². The summed E-state index contributed by atoms with van der Waals surface area (Å²) >= 11 is 1.68. The van der Waals surface area contributed by atoms with E-state index in [1.807, 2.05) is 14.0 Å². The van der Waals surface area contributed by atoms with Crippen LogP contribution in [0.3, 0.4) is 0 Å². The Morgan fingerprint density at radius 3 is 2.60 bits per heavy atom. The second kappa shape index (κ2) is 6.33. The van der Waals surface area contributed by atoms with Gasteiger partial charge >= 0.3 is 0 Å². The maximum atomic E-state index is 5.79. The summed E-state index contributed by atoms with van der Waals surface area (Å²) < 4.78 is 0. The molecule has 0 aliphatic carbocycles. The number of aromatic nitrogens is 2. The van der Waals surface area contributed by atoms with E-state index in [-0.39, 0.29) is 0 Å². The second-order valence-electron chi connectivity index (χ2n) is 5.33. The molecule has 0 amide bonds. The van der Waals surface area contributed by atoms with Crippen molar-refractivity contribution in [3.8, 4) is 0 Å². The fraction of sp³-hybridized carbons (Fsp3) is 0.467. The zero-order chi connectivity index (χ0) is 14.7. The van der Waals surface area contributed by atoms with Gasteiger partial charge in [-0.15, -0.1) is 11.3 Å². The number of rotatable bonds is 5. The number of pyridine rings is 1. The first kappa shape index (κ1) is 14.9. The Balaban J connectivity index is 2.24.